The number of carboxylic acid groups (broad SMARTS) is 1. The van der Waals surface area contributed by atoms with Crippen LogP contribution in [0.1, 0.15) is 39.0 Å². The zero-order chi connectivity index (χ0) is 18.9. The third-order valence-electron chi connectivity index (χ3n) is 2.98. The Morgan fingerprint density at radius 3 is 2.48 bits per heavy atom. The minimum Gasteiger partial charge on any atom is -0.481 e. The number of aliphatic hydroxyl groups is 3. The van der Waals surface area contributed by atoms with E-state index in [1.807, 2.05) is 6.92 Å². The molecular weight excluding hydrogens is 320 g/mol. The van der Waals surface area contributed by atoms with Gasteiger partial charge in [0.25, 0.3) is 0 Å². The first-order valence-corrected chi connectivity index (χ1v) is 8.21. The fourth-order valence-electron chi connectivity index (χ4n) is 1.54. The van der Waals surface area contributed by atoms with Crippen molar-refractivity contribution in [2.24, 2.45) is 0 Å². The average molecular weight is 346 g/mol. The van der Waals surface area contributed by atoms with E-state index in [9.17, 15) is 20.1 Å². The lowest BCUT2D eigenvalue weighted by Crippen LogP contribution is -2.04. The predicted octanol–water partition coefficient (Wildman–Crippen LogP) is 1.80. The van der Waals surface area contributed by atoms with Gasteiger partial charge >= 0.3 is 5.97 Å². The van der Waals surface area contributed by atoms with Crippen LogP contribution in [0.15, 0.2) is 36.5 Å². The molecule has 0 amide bonds. The van der Waals surface area contributed by atoms with Gasteiger partial charge < -0.3 is 20.4 Å². The molecule has 0 aromatic heterocycles. The van der Waals surface area contributed by atoms with E-state index in [2.05, 4.69) is 23.7 Å². The molecule has 0 radical (unpaired) electrons. The van der Waals surface area contributed by atoms with Crippen molar-refractivity contribution in [1.82, 2.24) is 0 Å². The van der Waals surface area contributed by atoms with Gasteiger partial charge in [-0.15, -0.1) is 0 Å². The third-order valence-corrected chi connectivity index (χ3v) is 2.98. The molecule has 0 unspecified atom stereocenters. The molecule has 5 nitrogen and oxygen atoms in total. The zero-order valence-corrected chi connectivity index (χ0v) is 14.4. The molecule has 0 aliphatic heterocycles. The Morgan fingerprint density at radius 2 is 1.80 bits per heavy atom. The van der Waals surface area contributed by atoms with Crippen LogP contribution in [-0.4, -0.2) is 44.7 Å². The van der Waals surface area contributed by atoms with E-state index in [-0.39, 0.29) is 12.8 Å². The summed E-state index contributed by atoms with van der Waals surface area (Å²) in [7, 11) is 0. The van der Waals surface area contributed by atoms with Crippen molar-refractivity contribution >= 4 is 5.97 Å². The van der Waals surface area contributed by atoms with E-state index in [0.717, 1.165) is 0 Å². The Kier molecular flexibility index (Phi) is 13.8. The van der Waals surface area contributed by atoms with E-state index < -0.39 is 24.3 Å². The van der Waals surface area contributed by atoms with E-state index >= 15 is 0 Å². The summed E-state index contributed by atoms with van der Waals surface area (Å²) in [5, 5.41) is 36.9. The van der Waals surface area contributed by atoms with Crippen LogP contribution >= 0.6 is 0 Å². The molecule has 0 aliphatic rings. The number of allylic oxidation sites excluding steroid dienone is 4. The third kappa shape index (κ3) is 16.3. The Labute approximate surface area is 149 Å². The predicted molar refractivity (Wildman–Crippen MR) is 97.4 cm³/mol. The second-order valence-corrected chi connectivity index (χ2v) is 5.26. The summed E-state index contributed by atoms with van der Waals surface area (Å²) in [5.41, 5.74) is 0. The molecule has 0 heterocycles. The molecule has 0 aromatic rings. The van der Waals surface area contributed by atoms with Crippen LogP contribution in [0.4, 0.5) is 0 Å². The van der Waals surface area contributed by atoms with E-state index in [1.165, 1.54) is 6.08 Å². The highest BCUT2D eigenvalue weighted by molar-refractivity contribution is 5.66. The lowest BCUT2D eigenvalue weighted by Gasteiger charge is -1.99. The Morgan fingerprint density at radius 1 is 1.04 bits per heavy atom. The molecule has 0 aliphatic carbocycles. The molecule has 0 rings (SSSR count). The monoisotopic (exact) mass is 346 g/mol. The van der Waals surface area contributed by atoms with Crippen LogP contribution in [0.25, 0.3) is 0 Å². The van der Waals surface area contributed by atoms with Gasteiger partial charge in [-0.25, -0.2) is 0 Å². The normalized spacial score (nSPS) is 14.7. The van der Waals surface area contributed by atoms with Crippen molar-refractivity contribution in [3.8, 4) is 23.7 Å². The summed E-state index contributed by atoms with van der Waals surface area (Å²) in [6.45, 7) is 1.87. The van der Waals surface area contributed by atoms with Crippen molar-refractivity contribution < 1.29 is 25.2 Å². The van der Waals surface area contributed by atoms with Crippen molar-refractivity contribution in [2.75, 3.05) is 0 Å². The van der Waals surface area contributed by atoms with Crippen LogP contribution in [0.2, 0.25) is 0 Å². The molecule has 25 heavy (non-hydrogen) atoms. The van der Waals surface area contributed by atoms with E-state index in [0.29, 0.717) is 19.3 Å². The Balaban J connectivity index is 4.04. The molecule has 0 saturated heterocycles. The summed E-state index contributed by atoms with van der Waals surface area (Å²) >= 11 is 0. The second-order valence-electron chi connectivity index (χ2n) is 5.26. The molecule has 0 bridgehead atoms. The SMILES string of the molecule is CC[C@@H](O)C=CC#CC[C@@H](O)C=CC=CC#C[C@@H](O)CCCC(=O)O. The molecule has 4 N–H and O–H groups in total. The van der Waals surface area contributed by atoms with Gasteiger partial charge in [-0.3, -0.25) is 4.79 Å². The fourth-order valence-corrected chi connectivity index (χ4v) is 1.54. The highest BCUT2D eigenvalue weighted by Crippen LogP contribution is 1.99. The van der Waals surface area contributed by atoms with Gasteiger partial charge in [-0.1, -0.05) is 48.8 Å². The van der Waals surface area contributed by atoms with Crippen LogP contribution < -0.4 is 0 Å². The number of rotatable bonds is 9. The van der Waals surface area contributed by atoms with Gasteiger partial charge in [0.15, 0.2) is 0 Å². The van der Waals surface area contributed by atoms with E-state index in [4.69, 9.17) is 5.11 Å². The van der Waals surface area contributed by atoms with Crippen LogP contribution in [0.3, 0.4) is 0 Å². The van der Waals surface area contributed by atoms with Crippen molar-refractivity contribution in [1.29, 1.82) is 0 Å². The first-order valence-electron chi connectivity index (χ1n) is 8.21. The summed E-state index contributed by atoms with van der Waals surface area (Å²) in [6.07, 6.45) is 9.17. The minimum absolute atomic E-state index is 0.0209. The van der Waals surface area contributed by atoms with Crippen LogP contribution in [0.5, 0.6) is 0 Å². The van der Waals surface area contributed by atoms with Gasteiger partial charge in [0.2, 0.25) is 0 Å². The van der Waals surface area contributed by atoms with Gasteiger partial charge in [-0.2, -0.15) is 0 Å². The van der Waals surface area contributed by atoms with Gasteiger partial charge in [0.1, 0.15) is 6.10 Å². The molecule has 3 atom stereocenters. The maximum Gasteiger partial charge on any atom is 0.303 e. The maximum atomic E-state index is 10.3. The first kappa shape index (κ1) is 22.7. The van der Waals surface area contributed by atoms with Gasteiger partial charge in [0.05, 0.1) is 12.2 Å². The Hall–Kier alpha value is -2.31. The highest BCUT2D eigenvalue weighted by atomic mass is 16.4. The van der Waals surface area contributed by atoms with Crippen molar-refractivity contribution in [3.05, 3.63) is 36.5 Å². The molecule has 5 heteroatoms. The summed E-state index contributed by atoms with van der Waals surface area (Å²) in [5.74, 6) is 9.87. The summed E-state index contributed by atoms with van der Waals surface area (Å²) in [4.78, 5) is 10.3. The summed E-state index contributed by atoms with van der Waals surface area (Å²) in [6, 6.07) is 0. The molecule has 0 fully saturated rings. The minimum atomic E-state index is -0.886. The molecule has 0 saturated carbocycles. The number of carboxylic acids is 1. The number of hydrogen-bond acceptors (Lipinski definition) is 4. The molecule has 0 aromatic carbocycles. The van der Waals surface area contributed by atoms with E-state index in [1.54, 1.807) is 30.4 Å². The number of hydrogen-bond donors (Lipinski definition) is 4. The van der Waals surface area contributed by atoms with Crippen molar-refractivity contribution in [2.45, 2.75) is 57.3 Å². The molecule has 136 valence electrons. The Bertz CT molecular complexity index is 581. The van der Waals surface area contributed by atoms with Crippen LogP contribution in [0, 0.1) is 23.7 Å². The molecule has 0 spiro atoms. The quantitative estimate of drug-likeness (QED) is 0.377. The standard InChI is InChI=1S/C20H26O5/c1-2-17(21)11-8-5-9-14-18(22)12-6-3-4-7-13-19(23)15-10-16-20(24)25/h3-4,6,8,11-12,17-19,21-23H,2,10,14-16H2,1H3,(H,24,25)/t17-,18+,19-/m1/s1. The molecular formula is C20H26O5. The highest BCUT2D eigenvalue weighted by Gasteiger charge is 2.01. The second kappa shape index (κ2) is 15.2. The van der Waals surface area contributed by atoms with Gasteiger partial charge in [0, 0.05) is 12.8 Å². The van der Waals surface area contributed by atoms with Gasteiger partial charge in [-0.05, 0) is 37.5 Å². The maximum absolute atomic E-state index is 10.3. The number of aliphatic carboxylic acids is 1. The number of aliphatic hydroxyl groups excluding tert-OH is 3. The lowest BCUT2D eigenvalue weighted by molar-refractivity contribution is -0.137. The van der Waals surface area contributed by atoms with Crippen LogP contribution in [-0.2, 0) is 4.79 Å². The van der Waals surface area contributed by atoms with Crippen molar-refractivity contribution in [3.63, 3.8) is 0 Å². The smallest absolute Gasteiger partial charge is 0.303 e. The zero-order valence-electron chi connectivity index (χ0n) is 14.4. The lowest BCUT2D eigenvalue weighted by atomic mass is 10.1. The average Bonchev–Trinajstić information content (AvgIpc) is 2.57. The largest absolute Gasteiger partial charge is 0.481 e. The fraction of sp³-hybridized carbons (Fsp3) is 0.450. The number of carbonyl (C=O) groups is 1. The topological polar surface area (TPSA) is 98.0 Å². The first-order chi connectivity index (χ1) is 12.0. The summed E-state index contributed by atoms with van der Waals surface area (Å²) < 4.78 is 0.